The normalized spacial score (nSPS) is 23.3. The molecule has 4 nitrogen and oxygen atoms in total. The predicted molar refractivity (Wildman–Crippen MR) is 83.3 cm³/mol. The highest BCUT2D eigenvalue weighted by molar-refractivity contribution is 5.85. The molecule has 2 N–H and O–H groups in total. The summed E-state index contributed by atoms with van der Waals surface area (Å²) in [5.41, 5.74) is 0. The van der Waals surface area contributed by atoms with Gasteiger partial charge in [0.05, 0.1) is 6.10 Å². The summed E-state index contributed by atoms with van der Waals surface area (Å²) in [4.78, 5) is 11.8. The van der Waals surface area contributed by atoms with Gasteiger partial charge >= 0.3 is 0 Å². The summed E-state index contributed by atoms with van der Waals surface area (Å²) in [7, 11) is 0. The summed E-state index contributed by atoms with van der Waals surface area (Å²) in [6.45, 7) is 3.91. The maximum absolute atomic E-state index is 11.8. The van der Waals surface area contributed by atoms with E-state index >= 15 is 0 Å². The van der Waals surface area contributed by atoms with Crippen molar-refractivity contribution >= 4 is 18.3 Å². The monoisotopic (exact) mass is 304 g/mol. The van der Waals surface area contributed by atoms with Gasteiger partial charge in [0.15, 0.2) is 0 Å². The van der Waals surface area contributed by atoms with Crippen LogP contribution in [0.3, 0.4) is 0 Å². The van der Waals surface area contributed by atoms with Gasteiger partial charge in [-0.15, -0.1) is 12.4 Å². The zero-order valence-electron chi connectivity index (χ0n) is 12.4. The molecule has 0 bridgehead atoms. The van der Waals surface area contributed by atoms with Crippen molar-refractivity contribution in [1.82, 2.24) is 10.6 Å². The molecule has 0 radical (unpaired) electrons. The molecule has 0 saturated carbocycles. The minimum atomic E-state index is 0. The van der Waals surface area contributed by atoms with Gasteiger partial charge in [-0.1, -0.05) is 0 Å². The SMILES string of the molecule is Cl.O=C(CC1CCNCC1)NCCCCC1CCCO1. The third-order valence-electron chi connectivity index (χ3n) is 4.23. The molecule has 0 spiro atoms. The zero-order chi connectivity index (χ0) is 13.3. The highest BCUT2D eigenvalue weighted by Gasteiger charge is 2.17. The van der Waals surface area contributed by atoms with Gasteiger partial charge in [0.1, 0.15) is 0 Å². The molecule has 2 aliphatic rings. The van der Waals surface area contributed by atoms with Crippen molar-refractivity contribution in [1.29, 1.82) is 0 Å². The van der Waals surface area contributed by atoms with Crippen LogP contribution in [0.15, 0.2) is 0 Å². The van der Waals surface area contributed by atoms with Gasteiger partial charge in [-0.2, -0.15) is 0 Å². The quantitative estimate of drug-likeness (QED) is 0.709. The standard InChI is InChI=1S/C15H28N2O2.ClH/c18-15(12-13-6-9-16-10-7-13)17-8-2-1-4-14-5-3-11-19-14;/h13-14,16H,1-12H2,(H,17,18);1H. The fourth-order valence-electron chi connectivity index (χ4n) is 3.02. The van der Waals surface area contributed by atoms with E-state index in [0.29, 0.717) is 18.4 Å². The van der Waals surface area contributed by atoms with Crippen LogP contribution in [0.5, 0.6) is 0 Å². The maximum atomic E-state index is 11.8. The van der Waals surface area contributed by atoms with E-state index in [2.05, 4.69) is 10.6 Å². The molecule has 2 rings (SSSR count). The first-order valence-corrected chi connectivity index (χ1v) is 7.93. The lowest BCUT2D eigenvalue weighted by atomic mass is 9.94. The van der Waals surface area contributed by atoms with E-state index < -0.39 is 0 Å². The molecular weight excluding hydrogens is 276 g/mol. The first kappa shape index (κ1) is 17.7. The van der Waals surface area contributed by atoms with E-state index in [-0.39, 0.29) is 18.3 Å². The Hall–Kier alpha value is -0.320. The number of carbonyl (C=O) groups excluding carboxylic acids is 1. The van der Waals surface area contributed by atoms with Gasteiger partial charge in [0.2, 0.25) is 5.91 Å². The average molecular weight is 305 g/mol. The van der Waals surface area contributed by atoms with E-state index in [4.69, 9.17) is 4.74 Å². The Morgan fingerprint density at radius 1 is 1.20 bits per heavy atom. The summed E-state index contributed by atoms with van der Waals surface area (Å²) in [5.74, 6) is 0.831. The van der Waals surface area contributed by atoms with E-state index in [1.54, 1.807) is 0 Å². The van der Waals surface area contributed by atoms with Gasteiger partial charge in [0, 0.05) is 19.6 Å². The fourth-order valence-corrected chi connectivity index (χ4v) is 3.02. The lowest BCUT2D eigenvalue weighted by Gasteiger charge is -2.21. The zero-order valence-corrected chi connectivity index (χ0v) is 13.2. The lowest BCUT2D eigenvalue weighted by molar-refractivity contribution is -0.122. The molecule has 0 aromatic rings. The number of piperidine rings is 1. The number of unbranched alkanes of at least 4 members (excludes halogenated alkanes) is 1. The summed E-state index contributed by atoms with van der Waals surface area (Å²) in [5, 5.41) is 6.39. The van der Waals surface area contributed by atoms with E-state index in [9.17, 15) is 4.79 Å². The largest absolute Gasteiger partial charge is 0.378 e. The van der Waals surface area contributed by atoms with Crippen LogP contribution in [0.2, 0.25) is 0 Å². The Kier molecular flexibility index (Phi) is 9.23. The van der Waals surface area contributed by atoms with Crippen LogP contribution >= 0.6 is 12.4 Å². The molecule has 20 heavy (non-hydrogen) atoms. The van der Waals surface area contributed by atoms with Gasteiger partial charge in [-0.25, -0.2) is 0 Å². The summed E-state index contributed by atoms with van der Waals surface area (Å²) < 4.78 is 5.59. The molecule has 1 atom stereocenters. The highest BCUT2D eigenvalue weighted by Crippen LogP contribution is 2.17. The van der Waals surface area contributed by atoms with Crippen molar-refractivity contribution in [2.75, 3.05) is 26.2 Å². The minimum Gasteiger partial charge on any atom is -0.378 e. The van der Waals surface area contributed by atoms with E-state index in [0.717, 1.165) is 58.3 Å². The number of hydrogen-bond donors (Lipinski definition) is 2. The number of rotatable bonds is 7. The molecule has 1 amide bonds. The predicted octanol–water partition coefficient (Wildman–Crippen LogP) is 2.26. The molecule has 2 aliphatic heterocycles. The summed E-state index contributed by atoms with van der Waals surface area (Å²) >= 11 is 0. The first-order chi connectivity index (χ1) is 9.34. The van der Waals surface area contributed by atoms with Crippen LogP contribution in [0.4, 0.5) is 0 Å². The number of carbonyl (C=O) groups is 1. The van der Waals surface area contributed by atoms with Gasteiger partial charge < -0.3 is 15.4 Å². The van der Waals surface area contributed by atoms with Crippen LogP contribution in [0, 0.1) is 5.92 Å². The molecule has 2 fully saturated rings. The summed E-state index contributed by atoms with van der Waals surface area (Å²) in [6.07, 6.45) is 9.34. The molecule has 2 heterocycles. The second-order valence-electron chi connectivity index (χ2n) is 5.88. The Morgan fingerprint density at radius 2 is 2.00 bits per heavy atom. The highest BCUT2D eigenvalue weighted by atomic mass is 35.5. The molecule has 5 heteroatoms. The average Bonchev–Trinajstić information content (AvgIpc) is 2.92. The van der Waals surface area contributed by atoms with Crippen LogP contribution < -0.4 is 10.6 Å². The smallest absolute Gasteiger partial charge is 0.220 e. The van der Waals surface area contributed by atoms with E-state index in [1.807, 2.05) is 0 Å². The maximum Gasteiger partial charge on any atom is 0.220 e. The van der Waals surface area contributed by atoms with Gasteiger partial charge in [-0.05, 0) is 64.0 Å². The number of hydrogen-bond acceptors (Lipinski definition) is 3. The van der Waals surface area contributed by atoms with Crippen LogP contribution in [-0.2, 0) is 9.53 Å². The molecule has 118 valence electrons. The fraction of sp³-hybridized carbons (Fsp3) is 0.933. The third kappa shape index (κ3) is 6.91. The Bertz CT molecular complexity index is 265. The van der Waals surface area contributed by atoms with Gasteiger partial charge in [-0.3, -0.25) is 4.79 Å². The molecule has 0 aromatic heterocycles. The van der Waals surface area contributed by atoms with Crippen molar-refractivity contribution in [2.24, 2.45) is 5.92 Å². The number of nitrogens with one attached hydrogen (secondary N) is 2. The Labute approximate surface area is 128 Å². The molecule has 0 aliphatic carbocycles. The van der Waals surface area contributed by atoms with Crippen LogP contribution in [0.1, 0.15) is 51.4 Å². The van der Waals surface area contributed by atoms with Crippen molar-refractivity contribution in [3.8, 4) is 0 Å². The molecular formula is C15H29ClN2O2. The molecule has 0 aromatic carbocycles. The van der Waals surface area contributed by atoms with Crippen molar-refractivity contribution in [3.05, 3.63) is 0 Å². The van der Waals surface area contributed by atoms with Gasteiger partial charge in [0.25, 0.3) is 0 Å². The van der Waals surface area contributed by atoms with Crippen molar-refractivity contribution in [3.63, 3.8) is 0 Å². The second kappa shape index (κ2) is 10.4. The van der Waals surface area contributed by atoms with Crippen molar-refractivity contribution in [2.45, 2.75) is 57.5 Å². The van der Waals surface area contributed by atoms with E-state index in [1.165, 1.54) is 12.8 Å². The Morgan fingerprint density at radius 3 is 2.70 bits per heavy atom. The van der Waals surface area contributed by atoms with Crippen LogP contribution in [-0.4, -0.2) is 38.3 Å². The number of halogens is 1. The number of amides is 1. The topological polar surface area (TPSA) is 50.4 Å². The third-order valence-corrected chi connectivity index (χ3v) is 4.23. The number of ether oxygens (including phenoxy) is 1. The molecule has 1 unspecified atom stereocenters. The minimum absolute atomic E-state index is 0. The lowest BCUT2D eigenvalue weighted by Crippen LogP contribution is -2.32. The van der Waals surface area contributed by atoms with Crippen LogP contribution in [0.25, 0.3) is 0 Å². The van der Waals surface area contributed by atoms with Crippen molar-refractivity contribution < 1.29 is 9.53 Å². The Balaban J connectivity index is 0.00000200. The first-order valence-electron chi connectivity index (χ1n) is 7.93. The summed E-state index contributed by atoms with van der Waals surface area (Å²) in [6, 6.07) is 0. The molecule has 2 saturated heterocycles. The second-order valence-corrected chi connectivity index (χ2v) is 5.88.